The van der Waals surface area contributed by atoms with Crippen molar-refractivity contribution in [2.75, 3.05) is 19.6 Å². The number of likely N-dealkylation sites (tertiary alicyclic amines) is 1. The van der Waals surface area contributed by atoms with Gasteiger partial charge < -0.3 is 24.8 Å². The molecule has 2 heterocycles. The van der Waals surface area contributed by atoms with Crippen LogP contribution in [0.2, 0.25) is 0 Å². The molecule has 1 aliphatic heterocycles. The Kier molecular flexibility index (Phi) is 13.3. The van der Waals surface area contributed by atoms with E-state index in [-0.39, 0.29) is 23.4 Å². The van der Waals surface area contributed by atoms with Crippen LogP contribution in [0.4, 0.5) is 0 Å². The van der Waals surface area contributed by atoms with Crippen LogP contribution in [0.15, 0.2) is 66.3 Å². The van der Waals surface area contributed by atoms with Crippen molar-refractivity contribution in [3.63, 3.8) is 0 Å². The van der Waals surface area contributed by atoms with E-state index < -0.39 is 9.39 Å². The van der Waals surface area contributed by atoms with E-state index in [0.717, 1.165) is 74.5 Å². The van der Waals surface area contributed by atoms with Crippen LogP contribution in [0.1, 0.15) is 64.7 Å². The number of rotatable bonds is 13. The van der Waals surface area contributed by atoms with Crippen LogP contribution < -0.4 is 15.6 Å². The predicted molar refractivity (Wildman–Crippen MR) is 185 cm³/mol. The van der Waals surface area contributed by atoms with Gasteiger partial charge in [0.1, 0.15) is 6.04 Å². The Hall–Kier alpha value is -3.79. The van der Waals surface area contributed by atoms with Gasteiger partial charge in [-0.15, -0.1) is 16.0 Å². The Bertz CT molecular complexity index is 1450. The van der Waals surface area contributed by atoms with Crippen molar-refractivity contribution in [2.24, 2.45) is 0 Å². The molecule has 2 aromatic rings. The Morgan fingerprint density at radius 2 is 1.84 bits per heavy atom. The highest BCUT2D eigenvalue weighted by molar-refractivity contribution is 8.27. The van der Waals surface area contributed by atoms with Crippen molar-refractivity contribution in [3.8, 4) is 0 Å². The highest BCUT2D eigenvalue weighted by atomic mass is 32.2. The minimum Gasteiger partial charge on any atom is -0.363 e. The number of hydrogen-bond acceptors (Lipinski definition) is 5. The summed E-state index contributed by atoms with van der Waals surface area (Å²) in [6.07, 6.45) is 13.3. The summed E-state index contributed by atoms with van der Waals surface area (Å²) in [5.74, 6) is 7.94. The zero-order valence-electron chi connectivity index (χ0n) is 26.1. The van der Waals surface area contributed by atoms with E-state index in [0.29, 0.717) is 24.2 Å². The second kappa shape index (κ2) is 16.9. The average molecular weight is 624 g/mol. The molecule has 1 unspecified atom stereocenters. The van der Waals surface area contributed by atoms with Crippen LogP contribution in [-0.2, 0) is 14.4 Å². The summed E-state index contributed by atoms with van der Waals surface area (Å²) in [6, 6.07) is 9.71. The van der Waals surface area contributed by atoms with E-state index >= 15 is 0 Å². The Balaban J connectivity index is 0.000000215. The third-order valence-corrected chi connectivity index (χ3v) is 10.3. The Labute approximate surface area is 262 Å². The van der Waals surface area contributed by atoms with Gasteiger partial charge in [0.2, 0.25) is 18.2 Å². The second-order valence-corrected chi connectivity index (χ2v) is 14.5. The molecule has 3 fully saturated rings. The summed E-state index contributed by atoms with van der Waals surface area (Å²) in [6.45, 7) is 11.8. The molecule has 3 aliphatic rings. The molecule has 2 saturated carbocycles. The second-order valence-electron chi connectivity index (χ2n) is 11.7. The fourth-order valence-corrected chi connectivity index (χ4v) is 6.47. The lowest BCUT2D eigenvalue weighted by Crippen LogP contribution is -2.44. The number of benzene rings is 1. The summed E-state index contributed by atoms with van der Waals surface area (Å²) >= 11 is 0. The molecule has 5 rings (SSSR count). The number of carbonyl (C=O) groups excluding carboxylic acids is 3. The molecular formula is C34H49N5O4S. The first-order valence-electron chi connectivity index (χ1n) is 15.4. The number of pyridine rings is 1. The molecule has 1 saturated heterocycles. The van der Waals surface area contributed by atoms with Gasteiger partial charge in [0.05, 0.1) is 0 Å². The first kappa shape index (κ1) is 34.7. The van der Waals surface area contributed by atoms with Gasteiger partial charge >= 0.3 is 0 Å². The maximum atomic E-state index is 12.4. The van der Waals surface area contributed by atoms with Gasteiger partial charge in [-0.2, -0.15) is 0 Å². The van der Waals surface area contributed by atoms with Crippen LogP contribution in [0, 0.1) is 0 Å². The lowest BCUT2D eigenvalue weighted by atomic mass is 10.2. The van der Waals surface area contributed by atoms with Gasteiger partial charge in [-0.25, -0.2) is 0 Å². The van der Waals surface area contributed by atoms with Gasteiger partial charge in [0.25, 0.3) is 5.56 Å². The number of hydrogen-bond donors (Lipinski definition) is 3. The van der Waals surface area contributed by atoms with E-state index in [1.165, 1.54) is 12.8 Å². The van der Waals surface area contributed by atoms with Crippen molar-refractivity contribution in [1.29, 1.82) is 0 Å². The summed E-state index contributed by atoms with van der Waals surface area (Å²) in [5.41, 5.74) is 0.946. The summed E-state index contributed by atoms with van der Waals surface area (Å²) in [7, 11) is -1.26. The zero-order chi connectivity index (χ0) is 32.1. The third kappa shape index (κ3) is 11.0. The fourth-order valence-electron chi connectivity index (χ4n) is 5.05. The van der Waals surface area contributed by atoms with E-state index in [4.69, 9.17) is 0 Å². The molecule has 3 N–H and O–H groups in total. The van der Waals surface area contributed by atoms with Crippen molar-refractivity contribution in [2.45, 2.75) is 82.0 Å². The van der Waals surface area contributed by atoms with E-state index in [1.807, 2.05) is 41.3 Å². The quantitative estimate of drug-likeness (QED) is 0.132. The highest BCUT2D eigenvalue weighted by Crippen LogP contribution is 2.40. The van der Waals surface area contributed by atoms with Crippen LogP contribution in [0.25, 0.3) is 10.8 Å². The molecule has 0 bridgehead atoms. The number of H-pyrrole nitrogens is 1. The average Bonchev–Trinajstić information content (AvgIpc) is 3.94. The molecule has 10 heteroatoms. The lowest BCUT2D eigenvalue weighted by Gasteiger charge is -2.29. The van der Waals surface area contributed by atoms with Gasteiger partial charge in [-0.05, 0) is 68.9 Å². The summed E-state index contributed by atoms with van der Waals surface area (Å²) in [5, 5.41) is 5.42. The number of aromatic nitrogens is 1. The van der Waals surface area contributed by atoms with Gasteiger partial charge in [-0.3, -0.25) is 19.2 Å². The van der Waals surface area contributed by atoms with Crippen LogP contribution in [0.5, 0.6) is 0 Å². The van der Waals surface area contributed by atoms with Gasteiger partial charge in [0.15, 0.2) is 0 Å². The van der Waals surface area contributed by atoms with Crippen LogP contribution in [-0.4, -0.2) is 81.7 Å². The lowest BCUT2D eigenvalue weighted by molar-refractivity contribution is -0.129. The molecular weight excluding hydrogens is 574 g/mol. The normalized spacial score (nSPS) is 17.3. The first-order valence-corrected chi connectivity index (χ1v) is 17.5. The third-order valence-electron chi connectivity index (χ3n) is 7.97. The summed E-state index contributed by atoms with van der Waals surface area (Å²) in [4.78, 5) is 51.9. The number of amides is 3. The van der Waals surface area contributed by atoms with Crippen molar-refractivity contribution < 1.29 is 14.4 Å². The van der Waals surface area contributed by atoms with E-state index in [1.54, 1.807) is 13.1 Å². The van der Waals surface area contributed by atoms with Crippen LogP contribution in [0.3, 0.4) is 0 Å². The molecule has 0 spiro atoms. The minimum atomic E-state index is -1.26. The molecule has 240 valence electrons. The monoisotopic (exact) mass is 623 g/mol. The van der Waals surface area contributed by atoms with Crippen LogP contribution >= 0.6 is 9.39 Å². The molecule has 1 aromatic heterocycles. The molecule has 1 atom stereocenters. The number of carbonyl (C=O) groups is 3. The standard InChI is InChI=1S/C19H31N3O2.C9H7NO.C6H11NOS/c1-4-5-6-12-21(16(3)23)14-11-15(2)22-13-7-8-18(22)19(24)20-17-9-10-17;11-9-8-4-2-1-3-7(8)5-6-10-9;1-9(2,7-5-8)6-3-4-6/h4,17-18H,1-2,5-14H2,3H3,(H,20,24);1-6H,(H,10,11);5-6H,1-4H2,(H,7,8). The molecule has 3 amide bonds. The molecule has 0 radical (unpaired) electrons. The summed E-state index contributed by atoms with van der Waals surface area (Å²) < 4.78 is 2.66. The Morgan fingerprint density at radius 1 is 1.11 bits per heavy atom. The van der Waals surface area contributed by atoms with Crippen molar-refractivity contribution in [1.82, 2.24) is 24.8 Å². The first-order chi connectivity index (χ1) is 21.1. The molecule has 9 nitrogen and oxygen atoms in total. The van der Waals surface area contributed by atoms with Gasteiger partial charge in [-0.1, -0.05) is 42.6 Å². The van der Waals surface area contributed by atoms with E-state index in [9.17, 15) is 19.2 Å². The number of nitrogens with zero attached hydrogens (tertiary/aromatic N) is 2. The molecule has 44 heavy (non-hydrogen) atoms. The molecule has 1 aromatic carbocycles. The predicted octanol–water partition coefficient (Wildman–Crippen LogP) is 4.45. The smallest absolute Gasteiger partial charge is 0.255 e. The van der Waals surface area contributed by atoms with Gasteiger partial charge in [0, 0.05) is 61.6 Å². The largest absolute Gasteiger partial charge is 0.363 e. The molecule has 2 aliphatic carbocycles. The zero-order valence-corrected chi connectivity index (χ0v) is 26.9. The van der Waals surface area contributed by atoms with E-state index in [2.05, 4.69) is 44.8 Å². The fraction of sp³-hybridized carbons (Fsp3) is 0.471. The number of aromatic amines is 1. The van der Waals surface area contributed by atoms with Crippen molar-refractivity contribution in [3.05, 3.63) is 71.8 Å². The highest BCUT2D eigenvalue weighted by Gasteiger charge is 2.34. The number of allylic oxidation sites excluding steroid dienone is 1. The SMILES string of the molecule is C=CCCCN(CCC(=C)N1CCCC1C(=O)NC1CC1)C(C)=O.C=S(=C)(NC=O)C1CC1.O=c1[nH]ccc2ccccc12. The maximum Gasteiger partial charge on any atom is 0.255 e. The maximum absolute atomic E-state index is 12.4. The number of fused-ring (bicyclic) bond motifs is 1. The van der Waals surface area contributed by atoms with Crippen molar-refractivity contribution >= 4 is 50.1 Å². The Morgan fingerprint density at radius 3 is 2.45 bits per heavy atom. The minimum absolute atomic E-state index is 0.0249. The number of nitrogens with one attached hydrogen (secondary N) is 3. The topological polar surface area (TPSA) is 115 Å². The number of unbranched alkanes of at least 4 members (excludes halogenated alkanes) is 1.